The Kier molecular flexibility index (Phi) is 5.17. The summed E-state index contributed by atoms with van der Waals surface area (Å²) >= 11 is 0. The van der Waals surface area contributed by atoms with E-state index >= 15 is 0 Å². The molecule has 0 atom stereocenters. The van der Waals surface area contributed by atoms with Crippen molar-refractivity contribution in [2.24, 2.45) is 0 Å². The Morgan fingerprint density at radius 3 is 2.54 bits per heavy atom. The third kappa shape index (κ3) is 3.67. The van der Waals surface area contributed by atoms with E-state index in [0.717, 1.165) is 37.2 Å². The minimum atomic E-state index is -0.0439. The zero-order valence-corrected chi connectivity index (χ0v) is 16.8. The quantitative estimate of drug-likeness (QED) is 0.880. The summed E-state index contributed by atoms with van der Waals surface area (Å²) in [7, 11) is 2.15. The Balaban J connectivity index is 1.66. The molecule has 1 saturated heterocycles. The largest absolute Gasteiger partial charge is 0.351 e. The predicted octanol–water partition coefficient (Wildman–Crippen LogP) is 3.46. The molecule has 4 rings (SSSR count). The maximum Gasteiger partial charge on any atom is 0.330 e. The summed E-state index contributed by atoms with van der Waals surface area (Å²) in [5, 5.41) is 3.47. The van der Waals surface area contributed by atoms with Crippen molar-refractivity contribution in [2.75, 3.05) is 30.4 Å². The number of para-hydroxylation sites is 1. The first-order valence-electron chi connectivity index (χ1n) is 9.99. The van der Waals surface area contributed by atoms with E-state index in [1.165, 1.54) is 0 Å². The highest BCUT2D eigenvalue weighted by Gasteiger charge is 2.34. The number of likely N-dealkylation sites (tertiary alicyclic amines) is 1. The number of fused-ring (bicyclic) bond motifs is 1. The Labute approximate surface area is 166 Å². The number of anilines is 3. The van der Waals surface area contributed by atoms with Crippen LogP contribution in [0.5, 0.6) is 0 Å². The van der Waals surface area contributed by atoms with E-state index in [0.29, 0.717) is 24.4 Å². The minimum absolute atomic E-state index is 0.0439. The van der Waals surface area contributed by atoms with E-state index in [9.17, 15) is 4.79 Å². The molecule has 2 aliphatic heterocycles. The van der Waals surface area contributed by atoms with Gasteiger partial charge >= 0.3 is 6.03 Å². The summed E-state index contributed by atoms with van der Waals surface area (Å²) in [4.78, 5) is 28.4. The standard InChI is InChI=1S/C21H28N6O/c1-15(2)26-14-16-13-22-20(23-17-9-11-25(3)12-10-17)24-19(16)27(21(26)28)18-7-5-4-6-8-18/h4-8,13,15,17H,9-12,14H2,1-3H3,(H,22,23,24). The molecule has 0 aliphatic carbocycles. The molecule has 1 aromatic heterocycles. The zero-order chi connectivity index (χ0) is 19.7. The molecule has 1 fully saturated rings. The molecule has 148 valence electrons. The van der Waals surface area contributed by atoms with Crippen molar-refractivity contribution in [3.05, 3.63) is 42.1 Å². The minimum Gasteiger partial charge on any atom is -0.351 e. The van der Waals surface area contributed by atoms with Crippen LogP contribution in [0.1, 0.15) is 32.3 Å². The molecule has 1 N–H and O–H groups in total. The molecule has 7 nitrogen and oxygen atoms in total. The molecule has 2 amide bonds. The van der Waals surface area contributed by atoms with E-state index < -0.39 is 0 Å². The summed E-state index contributed by atoms with van der Waals surface area (Å²) in [6.07, 6.45) is 4.00. The van der Waals surface area contributed by atoms with Crippen LogP contribution in [-0.4, -0.2) is 58.0 Å². The van der Waals surface area contributed by atoms with Crippen molar-refractivity contribution in [1.29, 1.82) is 0 Å². The summed E-state index contributed by atoms with van der Waals surface area (Å²) in [5.74, 6) is 1.28. The number of piperidine rings is 1. The third-order valence-electron chi connectivity index (χ3n) is 5.52. The van der Waals surface area contributed by atoms with Crippen LogP contribution < -0.4 is 10.2 Å². The lowest BCUT2D eigenvalue weighted by atomic mass is 10.1. The first-order valence-corrected chi connectivity index (χ1v) is 9.99. The molecule has 0 unspecified atom stereocenters. The predicted molar refractivity (Wildman–Crippen MR) is 111 cm³/mol. The number of aromatic nitrogens is 2. The lowest BCUT2D eigenvalue weighted by Crippen LogP contribution is -2.48. The van der Waals surface area contributed by atoms with Gasteiger partial charge in [-0.05, 0) is 59.0 Å². The van der Waals surface area contributed by atoms with Crippen molar-refractivity contribution in [2.45, 2.75) is 45.3 Å². The number of hydrogen-bond acceptors (Lipinski definition) is 5. The lowest BCUT2D eigenvalue weighted by Gasteiger charge is -2.38. The van der Waals surface area contributed by atoms with E-state index in [2.05, 4.69) is 22.2 Å². The smallest absolute Gasteiger partial charge is 0.330 e. The number of carbonyl (C=O) groups is 1. The number of urea groups is 1. The number of amides is 2. The molecule has 28 heavy (non-hydrogen) atoms. The fraction of sp³-hybridized carbons (Fsp3) is 0.476. The van der Waals surface area contributed by atoms with Crippen LogP contribution in [0.25, 0.3) is 0 Å². The highest BCUT2D eigenvalue weighted by molar-refractivity contribution is 6.00. The summed E-state index contributed by atoms with van der Waals surface area (Å²) < 4.78 is 0. The molecular formula is C21H28N6O. The molecule has 1 aromatic carbocycles. The topological polar surface area (TPSA) is 64.6 Å². The molecule has 2 aromatic rings. The van der Waals surface area contributed by atoms with Crippen molar-refractivity contribution >= 4 is 23.5 Å². The molecule has 0 spiro atoms. The highest BCUT2D eigenvalue weighted by atomic mass is 16.2. The molecule has 7 heteroatoms. The maximum absolute atomic E-state index is 13.2. The van der Waals surface area contributed by atoms with Crippen LogP contribution in [0.3, 0.4) is 0 Å². The number of rotatable bonds is 4. The van der Waals surface area contributed by atoms with Gasteiger partial charge in [0.1, 0.15) is 0 Å². The highest BCUT2D eigenvalue weighted by Crippen LogP contribution is 2.34. The van der Waals surface area contributed by atoms with Crippen molar-refractivity contribution in [1.82, 2.24) is 19.8 Å². The Morgan fingerprint density at radius 1 is 1.14 bits per heavy atom. The molecule has 0 saturated carbocycles. The van der Waals surface area contributed by atoms with Gasteiger partial charge in [0.05, 0.1) is 12.2 Å². The van der Waals surface area contributed by atoms with Crippen LogP contribution in [0, 0.1) is 0 Å². The Hall–Kier alpha value is -2.67. The van der Waals surface area contributed by atoms with Crippen LogP contribution in [-0.2, 0) is 6.54 Å². The van der Waals surface area contributed by atoms with E-state index in [1.807, 2.05) is 55.3 Å². The first-order chi connectivity index (χ1) is 13.5. The number of nitrogens with zero attached hydrogens (tertiary/aromatic N) is 5. The van der Waals surface area contributed by atoms with E-state index in [-0.39, 0.29) is 12.1 Å². The Bertz CT molecular complexity index is 832. The molecular weight excluding hydrogens is 352 g/mol. The van der Waals surface area contributed by atoms with Crippen LogP contribution in [0.2, 0.25) is 0 Å². The van der Waals surface area contributed by atoms with Gasteiger partial charge in [-0.2, -0.15) is 4.98 Å². The Morgan fingerprint density at radius 2 is 1.86 bits per heavy atom. The number of nitrogens with one attached hydrogen (secondary N) is 1. The monoisotopic (exact) mass is 380 g/mol. The van der Waals surface area contributed by atoms with Crippen molar-refractivity contribution in [3.63, 3.8) is 0 Å². The van der Waals surface area contributed by atoms with E-state index in [4.69, 9.17) is 4.98 Å². The number of hydrogen-bond donors (Lipinski definition) is 1. The van der Waals surface area contributed by atoms with Gasteiger partial charge in [-0.15, -0.1) is 0 Å². The van der Waals surface area contributed by atoms with Crippen molar-refractivity contribution in [3.8, 4) is 0 Å². The second kappa shape index (κ2) is 7.75. The van der Waals surface area contributed by atoms with Gasteiger partial charge in [0.25, 0.3) is 0 Å². The molecule has 2 aliphatic rings. The average Bonchev–Trinajstić information content (AvgIpc) is 2.70. The summed E-state index contributed by atoms with van der Waals surface area (Å²) in [6.45, 7) is 6.73. The van der Waals surface area contributed by atoms with Crippen LogP contribution in [0.4, 0.5) is 22.2 Å². The zero-order valence-electron chi connectivity index (χ0n) is 16.8. The van der Waals surface area contributed by atoms with Crippen LogP contribution in [0.15, 0.2) is 36.5 Å². The maximum atomic E-state index is 13.2. The third-order valence-corrected chi connectivity index (χ3v) is 5.52. The summed E-state index contributed by atoms with van der Waals surface area (Å²) in [5.41, 5.74) is 1.79. The lowest BCUT2D eigenvalue weighted by molar-refractivity contribution is 0.185. The van der Waals surface area contributed by atoms with Gasteiger partial charge in [0.15, 0.2) is 5.82 Å². The van der Waals surface area contributed by atoms with Gasteiger partial charge in [0, 0.05) is 23.8 Å². The van der Waals surface area contributed by atoms with E-state index in [1.54, 1.807) is 4.90 Å². The van der Waals surface area contributed by atoms with Crippen molar-refractivity contribution < 1.29 is 4.79 Å². The normalized spacial score (nSPS) is 18.5. The molecule has 0 radical (unpaired) electrons. The van der Waals surface area contributed by atoms with Gasteiger partial charge in [-0.1, -0.05) is 18.2 Å². The van der Waals surface area contributed by atoms with Gasteiger partial charge in [0.2, 0.25) is 5.95 Å². The average molecular weight is 380 g/mol. The molecule has 0 bridgehead atoms. The second-order valence-corrected chi connectivity index (χ2v) is 7.94. The van der Waals surface area contributed by atoms with Crippen LogP contribution >= 0.6 is 0 Å². The fourth-order valence-electron chi connectivity index (χ4n) is 3.79. The second-order valence-electron chi connectivity index (χ2n) is 7.94. The van der Waals surface area contributed by atoms with Gasteiger partial charge < -0.3 is 15.1 Å². The SMILES string of the molecule is CC(C)N1Cc2cnc(NC3CCN(C)CC3)nc2N(c2ccccc2)C1=O. The van der Waals surface area contributed by atoms with Gasteiger partial charge in [-0.3, -0.25) is 0 Å². The fourth-order valence-corrected chi connectivity index (χ4v) is 3.79. The summed E-state index contributed by atoms with van der Waals surface area (Å²) in [6, 6.07) is 10.1. The number of carbonyl (C=O) groups excluding carboxylic acids is 1. The molecule has 3 heterocycles. The number of benzene rings is 1. The van der Waals surface area contributed by atoms with Gasteiger partial charge in [-0.25, -0.2) is 14.7 Å². The first kappa shape index (κ1) is 18.7.